The zero-order valence-electron chi connectivity index (χ0n) is 13.5. The van der Waals surface area contributed by atoms with Crippen molar-refractivity contribution in [3.63, 3.8) is 0 Å². The number of benzene rings is 2. The lowest BCUT2D eigenvalue weighted by molar-refractivity contribution is 0.420. The van der Waals surface area contributed by atoms with Gasteiger partial charge in [-0.25, -0.2) is 4.79 Å². The lowest BCUT2D eigenvalue weighted by Gasteiger charge is -2.07. The second kappa shape index (κ2) is 6.24. The van der Waals surface area contributed by atoms with Gasteiger partial charge in [-0.2, -0.15) is 4.68 Å². The van der Waals surface area contributed by atoms with Crippen LogP contribution in [0.3, 0.4) is 0 Å². The summed E-state index contributed by atoms with van der Waals surface area (Å²) in [6, 6.07) is 17.0. The quantitative estimate of drug-likeness (QED) is 0.574. The number of hydrogen-bond acceptors (Lipinski definition) is 5. The topological polar surface area (TPSA) is 70.2 Å². The van der Waals surface area contributed by atoms with Crippen LogP contribution in [0.25, 0.3) is 22.2 Å². The van der Waals surface area contributed by atoms with Crippen molar-refractivity contribution in [3.8, 4) is 17.2 Å². The zero-order valence-corrected chi connectivity index (χ0v) is 13.5. The van der Waals surface area contributed by atoms with Gasteiger partial charge in [-0.3, -0.25) is 4.98 Å². The molecule has 0 saturated heterocycles. The van der Waals surface area contributed by atoms with Gasteiger partial charge in [-0.15, -0.1) is 5.10 Å². The van der Waals surface area contributed by atoms with Gasteiger partial charge in [-0.1, -0.05) is 30.3 Å². The Bertz CT molecular complexity index is 1080. The van der Waals surface area contributed by atoms with Crippen LogP contribution >= 0.6 is 0 Å². The molecule has 0 aliphatic heterocycles. The fraction of sp³-hybridized carbons (Fsp3) is 0.105. The van der Waals surface area contributed by atoms with Crippen LogP contribution in [-0.4, -0.2) is 21.9 Å². The fourth-order valence-electron chi connectivity index (χ4n) is 2.80. The van der Waals surface area contributed by atoms with Crippen molar-refractivity contribution in [1.29, 1.82) is 0 Å². The lowest BCUT2D eigenvalue weighted by Crippen LogP contribution is -2.17. The third-order valence-electron chi connectivity index (χ3n) is 3.98. The molecule has 4 rings (SSSR count). The summed E-state index contributed by atoms with van der Waals surface area (Å²) < 4.78 is 12.1. The van der Waals surface area contributed by atoms with Crippen molar-refractivity contribution in [2.75, 3.05) is 7.11 Å². The first-order chi connectivity index (χ1) is 12.3. The molecule has 0 aliphatic rings. The third kappa shape index (κ3) is 2.78. The van der Waals surface area contributed by atoms with E-state index >= 15 is 0 Å². The van der Waals surface area contributed by atoms with Gasteiger partial charge in [0.25, 0.3) is 0 Å². The standard InChI is InChI=1S/C19H15N3O3/c1-24-17-10-9-16(14-7-2-3-8-15(14)17)18-21-22(19(23)25-18)12-13-6-4-5-11-20-13/h2-11H,12H2,1H3. The van der Waals surface area contributed by atoms with E-state index in [-0.39, 0.29) is 12.4 Å². The molecule has 0 saturated carbocycles. The molecule has 124 valence electrons. The van der Waals surface area contributed by atoms with Crippen molar-refractivity contribution < 1.29 is 9.15 Å². The molecular formula is C19H15N3O3. The van der Waals surface area contributed by atoms with Crippen LogP contribution in [0, 0.1) is 0 Å². The molecule has 0 bridgehead atoms. The Hall–Kier alpha value is -3.41. The molecule has 0 fully saturated rings. The second-order valence-corrected chi connectivity index (χ2v) is 5.51. The van der Waals surface area contributed by atoms with E-state index in [4.69, 9.17) is 9.15 Å². The summed E-state index contributed by atoms with van der Waals surface area (Å²) in [6.07, 6.45) is 1.68. The largest absolute Gasteiger partial charge is 0.496 e. The van der Waals surface area contributed by atoms with Crippen molar-refractivity contribution in [1.82, 2.24) is 14.8 Å². The second-order valence-electron chi connectivity index (χ2n) is 5.51. The van der Waals surface area contributed by atoms with Crippen molar-refractivity contribution in [3.05, 3.63) is 77.0 Å². The predicted octanol–water partition coefficient (Wildman–Crippen LogP) is 3.11. The van der Waals surface area contributed by atoms with Crippen LogP contribution < -0.4 is 10.5 Å². The Morgan fingerprint density at radius 1 is 1.04 bits per heavy atom. The third-order valence-corrected chi connectivity index (χ3v) is 3.98. The summed E-state index contributed by atoms with van der Waals surface area (Å²) in [7, 11) is 1.63. The first kappa shape index (κ1) is 15.1. The molecule has 0 amide bonds. The Morgan fingerprint density at radius 3 is 2.60 bits per heavy atom. The normalized spacial score (nSPS) is 10.9. The van der Waals surface area contributed by atoms with E-state index in [1.54, 1.807) is 13.3 Å². The Labute approximate surface area is 143 Å². The number of nitrogens with zero attached hydrogens (tertiary/aromatic N) is 3. The van der Waals surface area contributed by atoms with Gasteiger partial charge in [0.05, 0.1) is 19.3 Å². The Kier molecular flexibility index (Phi) is 3.78. The first-order valence-electron chi connectivity index (χ1n) is 7.80. The van der Waals surface area contributed by atoms with E-state index in [0.29, 0.717) is 0 Å². The molecule has 0 spiro atoms. The van der Waals surface area contributed by atoms with Crippen LogP contribution in [0.15, 0.2) is 70.0 Å². The molecular weight excluding hydrogens is 318 g/mol. The highest BCUT2D eigenvalue weighted by Crippen LogP contribution is 2.33. The average molecular weight is 333 g/mol. The summed E-state index contributed by atoms with van der Waals surface area (Å²) in [5.74, 6) is 0.523. The van der Waals surface area contributed by atoms with Gasteiger partial charge in [0.2, 0.25) is 5.89 Å². The molecule has 25 heavy (non-hydrogen) atoms. The molecule has 0 unspecified atom stereocenters. The van der Waals surface area contributed by atoms with E-state index in [1.165, 1.54) is 4.68 Å². The van der Waals surface area contributed by atoms with Crippen LogP contribution in [0.1, 0.15) is 5.69 Å². The molecule has 2 aromatic heterocycles. The van der Waals surface area contributed by atoms with E-state index in [9.17, 15) is 4.79 Å². The van der Waals surface area contributed by atoms with Crippen LogP contribution in [0.4, 0.5) is 0 Å². The minimum Gasteiger partial charge on any atom is -0.496 e. The SMILES string of the molecule is COc1ccc(-c2nn(Cc3ccccn3)c(=O)o2)c2ccccc12. The number of fused-ring (bicyclic) bond motifs is 1. The molecule has 4 aromatic rings. The highest BCUT2D eigenvalue weighted by atomic mass is 16.5. The zero-order chi connectivity index (χ0) is 17.2. The van der Waals surface area contributed by atoms with Gasteiger partial charge in [0, 0.05) is 17.1 Å². The smallest absolute Gasteiger partial charge is 0.437 e. The summed E-state index contributed by atoms with van der Waals surface area (Å²) in [6.45, 7) is 0.261. The summed E-state index contributed by atoms with van der Waals surface area (Å²) >= 11 is 0. The number of pyridine rings is 1. The lowest BCUT2D eigenvalue weighted by atomic mass is 10.0. The maximum Gasteiger partial charge on any atom is 0.437 e. The molecule has 2 aromatic carbocycles. The van der Waals surface area contributed by atoms with Gasteiger partial charge < -0.3 is 9.15 Å². The Morgan fingerprint density at radius 2 is 1.84 bits per heavy atom. The van der Waals surface area contributed by atoms with Crippen molar-refractivity contribution in [2.24, 2.45) is 0 Å². The fourth-order valence-corrected chi connectivity index (χ4v) is 2.80. The predicted molar refractivity (Wildman–Crippen MR) is 93.6 cm³/mol. The molecule has 0 aliphatic carbocycles. The molecule has 0 atom stereocenters. The van der Waals surface area contributed by atoms with E-state index in [0.717, 1.165) is 27.8 Å². The van der Waals surface area contributed by atoms with Crippen LogP contribution in [-0.2, 0) is 6.54 Å². The number of aromatic nitrogens is 3. The highest BCUT2D eigenvalue weighted by molar-refractivity contribution is 5.98. The highest BCUT2D eigenvalue weighted by Gasteiger charge is 2.15. The monoisotopic (exact) mass is 333 g/mol. The van der Waals surface area contributed by atoms with E-state index in [2.05, 4.69) is 10.1 Å². The maximum atomic E-state index is 12.2. The summed E-state index contributed by atoms with van der Waals surface area (Å²) in [5.41, 5.74) is 1.48. The molecule has 6 nitrogen and oxygen atoms in total. The molecule has 6 heteroatoms. The van der Waals surface area contributed by atoms with Gasteiger partial charge in [0.15, 0.2) is 0 Å². The van der Waals surface area contributed by atoms with Crippen molar-refractivity contribution in [2.45, 2.75) is 6.54 Å². The van der Waals surface area contributed by atoms with E-state index < -0.39 is 5.76 Å². The molecule has 2 heterocycles. The summed E-state index contributed by atoms with van der Waals surface area (Å²) in [4.78, 5) is 16.4. The number of rotatable bonds is 4. The average Bonchev–Trinajstić information content (AvgIpc) is 3.02. The number of ether oxygens (including phenoxy) is 1. The molecule has 0 N–H and O–H groups in total. The van der Waals surface area contributed by atoms with E-state index in [1.807, 2.05) is 54.6 Å². The number of hydrogen-bond donors (Lipinski definition) is 0. The van der Waals surface area contributed by atoms with Gasteiger partial charge >= 0.3 is 5.76 Å². The first-order valence-corrected chi connectivity index (χ1v) is 7.80. The summed E-state index contributed by atoms with van der Waals surface area (Å²) in [5, 5.41) is 6.18. The Balaban J connectivity index is 1.80. The van der Waals surface area contributed by atoms with Gasteiger partial charge in [0.1, 0.15) is 5.75 Å². The minimum absolute atomic E-state index is 0.261. The van der Waals surface area contributed by atoms with Gasteiger partial charge in [-0.05, 0) is 29.7 Å². The maximum absolute atomic E-state index is 12.2. The van der Waals surface area contributed by atoms with Crippen molar-refractivity contribution >= 4 is 10.8 Å². The van der Waals surface area contributed by atoms with Crippen LogP contribution in [0.2, 0.25) is 0 Å². The molecule has 0 radical (unpaired) electrons. The minimum atomic E-state index is -0.513. The van der Waals surface area contributed by atoms with Crippen LogP contribution in [0.5, 0.6) is 5.75 Å². The number of methoxy groups -OCH3 is 1.